The summed E-state index contributed by atoms with van der Waals surface area (Å²) in [5.74, 6) is 0.775. The third-order valence-electron chi connectivity index (χ3n) is 3.83. The standard InChI is InChI=1S/C13H27NO/c1-3-12(4-2)10-14-11-13(15)8-6-5-7-9-13/h12,14-15H,3-11H2,1-2H3. The normalized spacial score (nSPS) is 20.8. The zero-order chi connectivity index (χ0) is 11.1. The molecule has 1 aliphatic rings. The minimum atomic E-state index is -0.399. The first-order valence-corrected chi connectivity index (χ1v) is 6.63. The van der Waals surface area contributed by atoms with Crippen molar-refractivity contribution in [2.24, 2.45) is 5.92 Å². The fraction of sp³-hybridized carbons (Fsp3) is 1.00. The Labute approximate surface area is 94.5 Å². The number of rotatable bonds is 6. The van der Waals surface area contributed by atoms with Gasteiger partial charge in [0.1, 0.15) is 0 Å². The average Bonchev–Trinajstić information content (AvgIpc) is 2.25. The van der Waals surface area contributed by atoms with Crippen molar-refractivity contribution in [2.75, 3.05) is 13.1 Å². The van der Waals surface area contributed by atoms with Gasteiger partial charge in [0.25, 0.3) is 0 Å². The van der Waals surface area contributed by atoms with Gasteiger partial charge in [-0.1, -0.05) is 46.0 Å². The van der Waals surface area contributed by atoms with Crippen LogP contribution in [0.2, 0.25) is 0 Å². The molecule has 0 aromatic carbocycles. The maximum Gasteiger partial charge on any atom is 0.0771 e. The van der Waals surface area contributed by atoms with Crippen LogP contribution in [0.15, 0.2) is 0 Å². The van der Waals surface area contributed by atoms with Gasteiger partial charge in [-0.25, -0.2) is 0 Å². The number of hydrogen-bond acceptors (Lipinski definition) is 2. The lowest BCUT2D eigenvalue weighted by molar-refractivity contribution is 0.00427. The van der Waals surface area contributed by atoms with Gasteiger partial charge in [0.05, 0.1) is 5.60 Å². The lowest BCUT2D eigenvalue weighted by Gasteiger charge is -2.32. The molecule has 0 aliphatic heterocycles. The molecule has 0 atom stereocenters. The highest BCUT2D eigenvalue weighted by Gasteiger charge is 2.28. The van der Waals surface area contributed by atoms with Gasteiger partial charge >= 0.3 is 0 Å². The predicted molar refractivity (Wildman–Crippen MR) is 65.0 cm³/mol. The molecule has 0 radical (unpaired) electrons. The van der Waals surface area contributed by atoms with Gasteiger partial charge in [0, 0.05) is 6.54 Å². The Morgan fingerprint density at radius 3 is 2.27 bits per heavy atom. The SMILES string of the molecule is CCC(CC)CNCC1(O)CCCCC1. The van der Waals surface area contributed by atoms with E-state index >= 15 is 0 Å². The van der Waals surface area contributed by atoms with E-state index in [1.807, 2.05) is 0 Å². The lowest BCUT2D eigenvalue weighted by Crippen LogP contribution is -2.43. The van der Waals surface area contributed by atoms with Gasteiger partial charge in [-0.3, -0.25) is 0 Å². The van der Waals surface area contributed by atoms with Gasteiger partial charge < -0.3 is 10.4 Å². The van der Waals surface area contributed by atoms with Gasteiger partial charge in [0.2, 0.25) is 0 Å². The van der Waals surface area contributed by atoms with Crippen LogP contribution < -0.4 is 5.32 Å². The average molecular weight is 213 g/mol. The third kappa shape index (κ3) is 4.52. The van der Waals surface area contributed by atoms with Gasteiger partial charge in [0.15, 0.2) is 0 Å². The van der Waals surface area contributed by atoms with E-state index in [4.69, 9.17) is 0 Å². The molecule has 2 nitrogen and oxygen atoms in total. The van der Waals surface area contributed by atoms with Crippen LogP contribution in [-0.2, 0) is 0 Å². The van der Waals surface area contributed by atoms with Gasteiger partial charge in [-0.2, -0.15) is 0 Å². The molecule has 0 aromatic heterocycles. The van der Waals surface area contributed by atoms with Crippen LogP contribution in [0.25, 0.3) is 0 Å². The summed E-state index contributed by atoms with van der Waals surface area (Å²) in [4.78, 5) is 0. The molecule has 0 heterocycles. The summed E-state index contributed by atoms with van der Waals surface area (Å²) < 4.78 is 0. The fourth-order valence-electron chi connectivity index (χ4n) is 2.47. The summed E-state index contributed by atoms with van der Waals surface area (Å²) >= 11 is 0. The van der Waals surface area contributed by atoms with E-state index in [9.17, 15) is 5.11 Å². The molecule has 1 rings (SSSR count). The van der Waals surface area contributed by atoms with Crippen LogP contribution in [-0.4, -0.2) is 23.8 Å². The highest BCUT2D eigenvalue weighted by Crippen LogP contribution is 2.27. The molecular formula is C13H27NO. The van der Waals surface area contributed by atoms with Crippen molar-refractivity contribution in [3.8, 4) is 0 Å². The summed E-state index contributed by atoms with van der Waals surface area (Å²) in [7, 11) is 0. The smallest absolute Gasteiger partial charge is 0.0771 e. The van der Waals surface area contributed by atoms with Crippen molar-refractivity contribution >= 4 is 0 Å². The van der Waals surface area contributed by atoms with Crippen molar-refractivity contribution in [2.45, 2.75) is 64.4 Å². The fourth-order valence-corrected chi connectivity index (χ4v) is 2.47. The van der Waals surface area contributed by atoms with Crippen molar-refractivity contribution in [1.82, 2.24) is 5.32 Å². The summed E-state index contributed by atoms with van der Waals surface area (Å²) in [6.07, 6.45) is 8.15. The third-order valence-corrected chi connectivity index (χ3v) is 3.83. The van der Waals surface area contributed by atoms with Crippen molar-refractivity contribution in [1.29, 1.82) is 0 Å². The van der Waals surface area contributed by atoms with Gasteiger partial charge in [-0.05, 0) is 25.3 Å². The molecule has 0 aromatic rings. The first kappa shape index (κ1) is 13.0. The quantitative estimate of drug-likeness (QED) is 0.711. The van der Waals surface area contributed by atoms with Crippen LogP contribution in [0.1, 0.15) is 58.8 Å². The molecule has 0 amide bonds. The first-order chi connectivity index (χ1) is 7.20. The van der Waals surface area contributed by atoms with E-state index < -0.39 is 5.60 Å². The van der Waals surface area contributed by atoms with Crippen molar-refractivity contribution in [3.63, 3.8) is 0 Å². The predicted octanol–water partition coefficient (Wildman–Crippen LogP) is 2.71. The monoisotopic (exact) mass is 213 g/mol. The molecular weight excluding hydrogens is 186 g/mol. The summed E-state index contributed by atoms with van der Waals surface area (Å²) in [6, 6.07) is 0. The maximum absolute atomic E-state index is 10.3. The Morgan fingerprint density at radius 2 is 1.73 bits per heavy atom. The second-order valence-electron chi connectivity index (χ2n) is 5.10. The van der Waals surface area contributed by atoms with E-state index in [1.54, 1.807) is 0 Å². The van der Waals surface area contributed by atoms with E-state index in [2.05, 4.69) is 19.2 Å². The van der Waals surface area contributed by atoms with Crippen LogP contribution >= 0.6 is 0 Å². The summed E-state index contributed by atoms with van der Waals surface area (Å²) in [5, 5.41) is 13.7. The van der Waals surface area contributed by atoms with Crippen LogP contribution in [0.4, 0.5) is 0 Å². The Bertz CT molecular complexity index is 160. The van der Waals surface area contributed by atoms with Crippen molar-refractivity contribution in [3.05, 3.63) is 0 Å². The molecule has 2 heteroatoms. The highest BCUT2D eigenvalue weighted by molar-refractivity contribution is 4.84. The van der Waals surface area contributed by atoms with E-state index in [0.29, 0.717) is 0 Å². The maximum atomic E-state index is 10.3. The van der Waals surface area contributed by atoms with E-state index in [-0.39, 0.29) is 0 Å². The second kappa shape index (κ2) is 6.49. The number of aliphatic hydroxyl groups is 1. The zero-order valence-corrected chi connectivity index (χ0v) is 10.4. The molecule has 0 unspecified atom stereocenters. The Kier molecular flexibility index (Phi) is 5.62. The molecule has 90 valence electrons. The molecule has 0 spiro atoms. The zero-order valence-electron chi connectivity index (χ0n) is 10.4. The highest BCUT2D eigenvalue weighted by atomic mass is 16.3. The molecule has 1 fully saturated rings. The minimum Gasteiger partial charge on any atom is -0.389 e. The molecule has 0 bridgehead atoms. The number of nitrogens with one attached hydrogen (secondary N) is 1. The molecule has 2 N–H and O–H groups in total. The number of hydrogen-bond donors (Lipinski definition) is 2. The Hall–Kier alpha value is -0.0800. The molecule has 1 aliphatic carbocycles. The summed E-state index contributed by atoms with van der Waals surface area (Å²) in [5.41, 5.74) is -0.399. The second-order valence-corrected chi connectivity index (χ2v) is 5.10. The van der Waals surface area contributed by atoms with E-state index in [0.717, 1.165) is 31.8 Å². The largest absolute Gasteiger partial charge is 0.389 e. The van der Waals surface area contributed by atoms with Gasteiger partial charge in [-0.15, -0.1) is 0 Å². The Morgan fingerprint density at radius 1 is 1.13 bits per heavy atom. The minimum absolute atomic E-state index is 0.399. The van der Waals surface area contributed by atoms with Crippen molar-refractivity contribution < 1.29 is 5.11 Å². The molecule has 1 saturated carbocycles. The van der Waals surface area contributed by atoms with E-state index in [1.165, 1.54) is 32.1 Å². The topological polar surface area (TPSA) is 32.3 Å². The molecule has 15 heavy (non-hydrogen) atoms. The van der Waals surface area contributed by atoms with Crippen LogP contribution in [0.3, 0.4) is 0 Å². The molecule has 0 saturated heterocycles. The first-order valence-electron chi connectivity index (χ1n) is 6.63. The summed E-state index contributed by atoms with van der Waals surface area (Å²) in [6.45, 7) is 6.34. The van der Waals surface area contributed by atoms with Crippen LogP contribution in [0, 0.1) is 5.92 Å². The lowest BCUT2D eigenvalue weighted by atomic mass is 9.85. The van der Waals surface area contributed by atoms with Crippen LogP contribution in [0.5, 0.6) is 0 Å². The Balaban J connectivity index is 2.17.